The Bertz CT molecular complexity index is 508. The van der Waals surface area contributed by atoms with E-state index in [4.69, 9.17) is 12.2 Å². The summed E-state index contributed by atoms with van der Waals surface area (Å²) in [5.74, 6) is 0. The van der Waals surface area contributed by atoms with Crippen molar-refractivity contribution in [3.05, 3.63) is 46.7 Å². The zero-order chi connectivity index (χ0) is 13.7. The Kier molecular flexibility index (Phi) is 4.92. The zero-order valence-corrected chi connectivity index (χ0v) is 12.4. The van der Waals surface area contributed by atoms with Gasteiger partial charge in [-0.3, -0.25) is 0 Å². The molecule has 2 nitrogen and oxygen atoms in total. The number of rotatable bonds is 3. The van der Waals surface area contributed by atoms with E-state index >= 15 is 0 Å². The maximum absolute atomic E-state index is 4.87. The fraction of sp³-hybridized carbons (Fsp3) is 0.375. The molecule has 100 valence electrons. The summed E-state index contributed by atoms with van der Waals surface area (Å²) in [6, 6.07) is 8.77. The number of hydrogen-bond donors (Lipinski definition) is 1. The van der Waals surface area contributed by atoms with Crippen molar-refractivity contribution in [1.82, 2.24) is 10.2 Å². The molecule has 0 amide bonds. The Balaban J connectivity index is 2.08. The topological polar surface area (TPSA) is 15.3 Å². The highest BCUT2D eigenvalue weighted by Gasteiger charge is 2.09. The molecule has 1 N–H and O–H groups in total. The second-order valence-electron chi connectivity index (χ2n) is 5.22. The number of hydrogen-bond acceptors (Lipinski definition) is 3. The van der Waals surface area contributed by atoms with Gasteiger partial charge in [0.25, 0.3) is 0 Å². The summed E-state index contributed by atoms with van der Waals surface area (Å²) in [6.07, 6.45) is 4.26. The van der Waals surface area contributed by atoms with Gasteiger partial charge in [0, 0.05) is 19.5 Å². The Hall–Kier alpha value is -1.41. The first-order valence-electron chi connectivity index (χ1n) is 6.58. The highest BCUT2D eigenvalue weighted by atomic mass is 32.1. The lowest BCUT2D eigenvalue weighted by atomic mass is 10.00. The Labute approximate surface area is 120 Å². The van der Waals surface area contributed by atoms with Gasteiger partial charge in [0.05, 0.1) is 5.70 Å². The predicted octanol–water partition coefficient (Wildman–Crippen LogP) is 3.00. The van der Waals surface area contributed by atoms with Gasteiger partial charge in [-0.15, -0.1) is 0 Å². The lowest BCUT2D eigenvalue weighted by Gasteiger charge is -2.18. The van der Waals surface area contributed by atoms with E-state index in [1.165, 1.54) is 16.7 Å². The van der Waals surface area contributed by atoms with Crippen LogP contribution < -0.4 is 5.32 Å². The minimum Gasteiger partial charge on any atom is -0.381 e. The van der Waals surface area contributed by atoms with Gasteiger partial charge >= 0.3 is 0 Å². The number of nitrogens with zero attached hydrogens (tertiary/aromatic N) is 1. The molecule has 0 aliphatic carbocycles. The van der Waals surface area contributed by atoms with Gasteiger partial charge in [0.1, 0.15) is 0 Å². The van der Waals surface area contributed by atoms with Gasteiger partial charge in [-0.1, -0.05) is 35.9 Å². The van der Waals surface area contributed by atoms with E-state index in [-0.39, 0.29) is 0 Å². The van der Waals surface area contributed by atoms with E-state index in [1.54, 1.807) is 0 Å². The second kappa shape index (κ2) is 6.67. The predicted molar refractivity (Wildman–Crippen MR) is 85.2 cm³/mol. The molecule has 0 aromatic heterocycles. The molecule has 0 atom stereocenters. The molecule has 1 aliphatic rings. The number of nitrogens with one attached hydrogen (secondary N) is 1. The molecule has 1 fully saturated rings. The van der Waals surface area contributed by atoms with Gasteiger partial charge < -0.3 is 10.2 Å². The highest BCUT2D eigenvalue weighted by molar-refractivity contribution is 7.78. The van der Waals surface area contributed by atoms with Crippen LogP contribution in [0, 0.1) is 0 Å². The summed E-state index contributed by atoms with van der Waals surface area (Å²) in [7, 11) is 4.17. The monoisotopic (exact) mass is 272 g/mol. The minimum atomic E-state index is 0.906. The molecule has 2 rings (SSSR count). The smallest absolute Gasteiger partial charge is 0.0695 e. The SMILES string of the molecule is CN(C)Cc1ccc(C=C2CCNC(=C=S)C2)cc1. The first-order chi connectivity index (χ1) is 9.17. The summed E-state index contributed by atoms with van der Waals surface area (Å²) in [4.78, 5) is 2.18. The van der Waals surface area contributed by atoms with Crippen molar-refractivity contribution in [3.63, 3.8) is 0 Å². The van der Waals surface area contributed by atoms with Gasteiger partial charge in [0.2, 0.25) is 0 Å². The molecule has 0 bridgehead atoms. The molecule has 0 radical (unpaired) electrons. The van der Waals surface area contributed by atoms with E-state index < -0.39 is 0 Å². The summed E-state index contributed by atoms with van der Waals surface area (Å²) < 4.78 is 0. The van der Waals surface area contributed by atoms with Crippen LogP contribution in [0.2, 0.25) is 0 Å². The van der Waals surface area contributed by atoms with Crippen LogP contribution in [-0.2, 0) is 6.54 Å². The molecule has 1 saturated heterocycles. The summed E-state index contributed by atoms with van der Waals surface area (Å²) >= 11 is 4.87. The first kappa shape index (κ1) is 14.0. The second-order valence-corrected chi connectivity index (χ2v) is 5.42. The average Bonchev–Trinajstić information content (AvgIpc) is 2.41. The van der Waals surface area contributed by atoms with Gasteiger partial charge in [0.15, 0.2) is 0 Å². The Morgan fingerprint density at radius 3 is 2.68 bits per heavy atom. The van der Waals surface area contributed by atoms with Crippen molar-refractivity contribution >= 4 is 23.3 Å². The first-order valence-corrected chi connectivity index (χ1v) is 6.99. The van der Waals surface area contributed by atoms with E-state index in [2.05, 4.69) is 59.7 Å². The van der Waals surface area contributed by atoms with Crippen LogP contribution in [-0.4, -0.2) is 30.6 Å². The fourth-order valence-corrected chi connectivity index (χ4v) is 2.41. The molecule has 0 unspecified atom stereocenters. The number of benzene rings is 1. The van der Waals surface area contributed by atoms with Crippen LogP contribution in [0.25, 0.3) is 6.08 Å². The Morgan fingerprint density at radius 1 is 1.32 bits per heavy atom. The molecule has 0 saturated carbocycles. The molecule has 1 heterocycles. The molecule has 1 aromatic carbocycles. The zero-order valence-electron chi connectivity index (χ0n) is 11.6. The van der Waals surface area contributed by atoms with Crippen molar-refractivity contribution in [2.24, 2.45) is 0 Å². The maximum Gasteiger partial charge on any atom is 0.0695 e. The molecule has 3 heteroatoms. The number of piperidine rings is 1. The quantitative estimate of drug-likeness (QED) is 0.852. The summed E-state index contributed by atoms with van der Waals surface area (Å²) in [6.45, 7) is 1.95. The van der Waals surface area contributed by atoms with Crippen molar-refractivity contribution in [1.29, 1.82) is 0 Å². The summed E-state index contributed by atoms with van der Waals surface area (Å²) in [5, 5.41) is 6.06. The van der Waals surface area contributed by atoms with E-state index in [9.17, 15) is 0 Å². The number of thiocarbonyl (C=S) groups is 1. The third kappa shape index (κ3) is 4.32. The highest BCUT2D eigenvalue weighted by Crippen LogP contribution is 2.20. The van der Waals surface area contributed by atoms with E-state index in [0.717, 1.165) is 31.6 Å². The van der Waals surface area contributed by atoms with Crippen molar-refractivity contribution in [2.75, 3.05) is 20.6 Å². The van der Waals surface area contributed by atoms with Crippen LogP contribution >= 0.6 is 12.2 Å². The molecule has 1 aliphatic heterocycles. The van der Waals surface area contributed by atoms with Crippen molar-refractivity contribution in [3.8, 4) is 0 Å². The molecular weight excluding hydrogens is 252 g/mol. The minimum absolute atomic E-state index is 0.906. The lowest BCUT2D eigenvalue weighted by Crippen LogP contribution is -2.21. The van der Waals surface area contributed by atoms with Gasteiger partial charge in [-0.25, -0.2) is 0 Å². The standard InChI is InChI=1S/C16H20N2S/c1-18(2)11-14-5-3-13(4-6-14)9-15-7-8-17-16(10-15)12-19/h3-6,9,17H,7-8,10-11H2,1-2H3. The Morgan fingerprint density at radius 2 is 2.05 bits per heavy atom. The summed E-state index contributed by atoms with van der Waals surface area (Å²) in [5.41, 5.74) is 5.07. The third-order valence-corrected chi connectivity index (χ3v) is 3.41. The molecule has 19 heavy (non-hydrogen) atoms. The normalized spacial score (nSPS) is 17.4. The largest absolute Gasteiger partial charge is 0.381 e. The van der Waals surface area contributed by atoms with E-state index in [0.29, 0.717) is 0 Å². The van der Waals surface area contributed by atoms with Crippen molar-refractivity contribution in [2.45, 2.75) is 19.4 Å². The number of allylic oxidation sites excluding steroid dienone is 1. The van der Waals surface area contributed by atoms with Crippen LogP contribution in [0.5, 0.6) is 0 Å². The van der Waals surface area contributed by atoms with Gasteiger partial charge in [-0.2, -0.15) is 0 Å². The average molecular weight is 272 g/mol. The van der Waals surface area contributed by atoms with Crippen LogP contribution in [0.1, 0.15) is 24.0 Å². The van der Waals surface area contributed by atoms with Gasteiger partial charge in [-0.05, 0) is 48.9 Å². The maximum atomic E-state index is 4.87. The van der Waals surface area contributed by atoms with Crippen LogP contribution in [0.3, 0.4) is 0 Å². The molecule has 0 spiro atoms. The molecule has 1 aromatic rings. The van der Waals surface area contributed by atoms with Crippen LogP contribution in [0.4, 0.5) is 0 Å². The van der Waals surface area contributed by atoms with Crippen LogP contribution in [0.15, 0.2) is 35.5 Å². The molecular formula is C16H20N2S. The lowest BCUT2D eigenvalue weighted by molar-refractivity contribution is 0.402. The third-order valence-electron chi connectivity index (χ3n) is 3.16. The fourth-order valence-electron chi connectivity index (χ4n) is 2.27. The van der Waals surface area contributed by atoms with Crippen molar-refractivity contribution < 1.29 is 0 Å². The van der Waals surface area contributed by atoms with E-state index in [1.807, 2.05) is 0 Å².